The maximum absolute atomic E-state index is 12.9. The number of halogens is 1. The van der Waals surface area contributed by atoms with Crippen LogP contribution < -0.4 is 14.8 Å². The average molecular weight is 267 g/mol. The molecule has 106 valence electrons. The van der Waals surface area contributed by atoms with E-state index in [2.05, 4.69) is 5.32 Å². The van der Waals surface area contributed by atoms with E-state index in [1.165, 1.54) is 12.8 Å². The first kappa shape index (κ1) is 14.1. The number of benzene rings is 1. The zero-order valence-electron chi connectivity index (χ0n) is 11.7. The zero-order chi connectivity index (χ0) is 13.7. The van der Waals surface area contributed by atoms with Crippen molar-refractivity contribution in [2.75, 3.05) is 27.3 Å². The van der Waals surface area contributed by atoms with Crippen molar-refractivity contribution in [3.05, 3.63) is 23.3 Å². The van der Waals surface area contributed by atoms with Crippen LogP contribution in [0.1, 0.15) is 24.0 Å². The second kappa shape index (κ2) is 6.75. The maximum Gasteiger partial charge on any atom is 0.125 e. The normalized spacial score (nSPS) is 16.4. The van der Waals surface area contributed by atoms with Gasteiger partial charge < -0.3 is 14.8 Å². The summed E-state index contributed by atoms with van der Waals surface area (Å²) in [7, 11) is 3.21. The Morgan fingerprint density at radius 2 is 1.68 bits per heavy atom. The smallest absolute Gasteiger partial charge is 0.125 e. The van der Waals surface area contributed by atoms with Crippen LogP contribution in [0.25, 0.3) is 0 Å². The lowest BCUT2D eigenvalue weighted by Crippen LogP contribution is -2.28. The molecule has 1 aromatic carbocycles. The first-order valence-electron chi connectivity index (χ1n) is 6.79. The highest BCUT2D eigenvalue weighted by Gasteiger charge is 2.18. The second-order valence-corrected chi connectivity index (χ2v) is 5.01. The first-order valence-corrected chi connectivity index (χ1v) is 6.79. The molecule has 1 saturated heterocycles. The summed E-state index contributed by atoms with van der Waals surface area (Å²) >= 11 is 0. The number of hydrogen-bond acceptors (Lipinski definition) is 3. The van der Waals surface area contributed by atoms with Crippen LogP contribution in [0.5, 0.6) is 11.5 Å². The van der Waals surface area contributed by atoms with Gasteiger partial charge in [0, 0.05) is 5.56 Å². The zero-order valence-corrected chi connectivity index (χ0v) is 11.7. The molecule has 1 aliphatic rings. The molecule has 0 atom stereocenters. The number of nitrogens with one attached hydrogen (secondary N) is 1. The topological polar surface area (TPSA) is 30.5 Å². The monoisotopic (exact) mass is 267 g/mol. The molecule has 2 rings (SSSR count). The van der Waals surface area contributed by atoms with Crippen molar-refractivity contribution in [2.24, 2.45) is 5.92 Å². The van der Waals surface area contributed by atoms with E-state index < -0.39 is 6.67 Å². The summed E-state index contributed by atoms with van der Waals surface area (Å²) in [6.07, 6.45) is 3.32. The van der Waals surface area contributed by atoms with E-state index in [0.29, 0.717) is 17.2 Å². The van der Waals surface area contributed by atoms with Gasteiger partial charge in [-0.2, -0.15) is 0 Å². The minimum atomic E-state index is -0.535. The molecule has 0 amide bonds. The third kappa shape index (κ3) is 3.38. The molecule has 0 spiro atoms. The quantitative estimate of drug-likeness (QED) is 0.889. The van der Waals surface area contributed by atoms with Gasteiger partial charge in [0.15, 0.2) is 0 Å². The lowest BCUT2D eigenvalue weighted by molar-refractivity contribution is 0.356. The number of piperidine rings is 1. The second-order valence-electron chi connectivity index (χ2n) is 5.01. The van der Waals surface area contributed by atoms with Crippen LogP contribution in [0.15, 0.2) is 12.1 Å². The third-order valence-corrected chi connectivity index (χ3v) is 3.79. The van der Waals surface area contributed by atoms with Crippen molar-refractivity contribution in [1.29, 1.82) is 0 Å². The largest absolute Gasteiger partial charge is 0.496 e. The van der Waals surface area contributed by atoms with Gasteiger partial charge in [0.05, 0.1) is 14.2 Å². The summed E-state index contributed by atoms with van der Waals surface area (Å²) in [6, 6.07) is 3.69. The van der Waals surface area contributed by atoms with Crippen LogP contribution in [0, 0.1) is 5.92 Å². The molecule has 1 N–H and O–H groups in total. The van der Waals surface area contributed by atoms with E-state index >= 15 is 0 Å². The highest BCUT2D eigenvalue weighted by atomic mass is 19.1. The Hall–Kier alpha value is -1.29. The fourth-order valence-corrected chi connectivity index (χ4v) is 2.68. The molecule has 0 aliphatic carbocycles. The standard InChI is InChI=1S/C15H22FNO2/c1-18-14-9-13(10-16)15(19-2)8-12(14)7-11-3-5-17-6-4-11/h8-9,11,17H,3-7,10H2,1-2H3. The van der Waals surface area contributed by atoms with Crippen LogP contribution in [-0.4, -0.2) is 27.3 Å². The molecule has 3 nitrogen and oxygen atoms in total. The van der Waals surface area contributed by atoms with E-state index in [1.807, 2.05) is 6.07 Å². The molecule has 1 heterocycles. The highest BCUT2D eigenvalue weighted by Crippen LogP contribution is 2.32. The number of hydrogen-bond donors (Lipinski definition) is 1. The van der Waals surface area contributed by atoms with Gasteiger partial charge in [0.2, 0.25) is 0 Å². The Morgan fingerprint density at radius 1 is 1.11 bits per heavy atom. The fourth-order valence-electron chi connectivity index (χ4n) is 2.68. The minimum absolute atomic E-state index is 0.535. The van der Waals surface area contributed by atoms with Crippen molar-refractivity contribution in [1.82, 2.24) is 5.32 Å². The lowest BCUT2D eigenvalue weighted by atomic mass is 9.90. The van der Waals surface area contributed by atoms with Crippen molar-refractivity contribution >= 4 is 0 Å². The predicted octanol–water partition coefficient (Wildman–Crippen LogP) is 2.72. The first-order chi connectivity index (χ1) is 9.28. The van der Waals surface area contributed by atoms with Crippen LogP contribution in [0.4, 0.5) is 4.39 Å². The van der Waals surface area contributed by atoms with Gasteiger partial charge in [-0.05, 0) is 56.0 Å². The molecule has 0 aromatic heterocycles. The summed E-state index contributed by atoms with van der Waals surface area (Å²) in [5.74, 6) is 2.05. The van der Waals surface area contributed by atoms with E-state index in [1.54, 1.807) is 20.3 Å². The Morgan fingerprint density at radius 3 is 2.26 bits per heavy atom. The summed E-state index contributed by atoms with van der Waals surface area (Å²) in [5.41, 5.74) is 1.66. The van der Waals surface area contributed by atoms with Crippen molar-refractivity contribution in [3.8, 4) is 11.5 Å². The molecule has 1 aromatic rings. The Bertz CT molecular complexity index is 417. The molecule has 0 bridgehead atoms. The highest BCUT2D eigenvalue weighted by molar-refractivity contribution is 5.46. The van der Waals surface area contributed by atoms with Crippen LogP contribution in [0.3, 0.4) is 0 Å². The van der Waals surface area contributed by atoms with Gasteiger partial charge in [-0.25, -0.2) is 4.39 Å². The predicted molar refractivity (Wildman–Crippen MR) is 73.7 cm³/mol. The van der Waals surface area contributed by atoms with Crippen molar-refractivity contribution in [2.45, 2.75) is 25.9 Å². The maximum atomic E-state index is 12.9. The van der Waals surface area contributed by atoms with E-state index in [4.69, 9.17) is 9.47 Å². The molecule has 0 unspecified atom stereocenters. The van der Waals surface area contributed by atoms with Gasteiger partial charge in [0.1, 0.15) is 18.2 Å². The number of ether oxygens (including phenoxy) is 2. The molecule has 1 fully saturated rings. The van der Waals surface area contributed by atoms with E-state index in [9.17, 15) is 4.39 Å². The van der Waals surface area contributed by atoms with E-state index in [-0.39, 0.29) is 0 Å². The molecular formula is C15H22FNO2. The van der Waals surface area contributed by atoms with Crippen LogP contribution in [0.2, 0.25) is 0 Å². The summed E-state index contributed by atoms with van der Waals surface area (Å²) in [6.45, 7) is 1.62. The summed E-state index contributed by atoms with van der Waals surface area (Å²) < 4.78 is 23.6. The number of rotatable bonds is 5. The summed E-state index contributed by atoms with van der Waals surface area (Å²) in [5, 5.41) is 3.36. The Balaban J connectivity index is 2.21. The molecular weight excluding hydrogens is 245 g/mol. The molecule has 4 heteroatoms. The number of methoxy groups -OCH3 is 2. The SMILES string of the molecule is COc1cc(CC2CCNCC2)c(OC)cc1CF. The fraction of sp³-hybridized carbons (Fsp3) is 0.600. The van der Waals surface area contributed by atoms with Gasteiger partial charge in [-0.15, -0.1) is 0 Å². The van der Waals surface area contributed by atoms with Crippen LogP contribution in [-0.2, 0) is 13.1 Å². The minimum Gasteiger partial charge on any atom is -0.496 e. The van der Waals surface area contributed by atoms with Gasteiger partial charge >= 0.3 is 0 Å². The molecule has 0 radical (unpaired) electrons. The number of alkyl halides is 1. The molecule has 19 heavy (non-hydrogen) atoms. The Labute approximate surface area is 114 Å². The van der Waals surface area contributed by atoms with Crippen LogP contribution >= 0.6 is 0 Å². The average Bonchev–Trinajstić information content (AvgIpc) is 2.47. The van der Waals surface area contributed by atoms with Crippen molar-refractivity contribution < 1.29 is 13.9 Å². The summed E-state index contributed by atoms with van der Waals surface area (Å²) in [4.78, 5) is 0. The Kier molecular flexibility index (Phi) is 5.02. The van der Waals surface area contributed by atoms with Gasteiger partial charge in [-0.1, -0.05) is 0 Å². The lowest BCUT2D eigenvalue weighted by Gasteiger charge is -2.24. The third-order valence-electron chi connectivity index (χ3n) is 3.79. The molecule has 1 aliphatic heterocycles. The van der Waals surface area contributed by atoms with Gasteiger partial charge in [-0.3, -0.25) is 0 Å². The van der Waals surface area contributed by atoms with E-state index in [0.717, 1.165) is 30.8 Å². The van der Waals surface area contributed by atoms with Crippen molar-refractivity contribution in [3.63, 3.8) is 0 Å². The van der Waals surface area contributed by atoms with Gasteiger partial charge in [0.25, 0.3) is 0 Å². The molecule has 0 saturated carbocycles.